The minimum atomic E-state index is -1.14. The van der Waals surface area contributed by atoms with Crippen LogP contribution < -0.4 is 0 Å². The Morgan fingerprint density at radius 1 is 1.53 bits per heavy atom. The number of carbonyl (C=O) groups is 1. The molecular weight excluding hydrogens is 194 g/mol. The summed E-state index contributed by atoms with van der Waals surface area (Å²) in [5.74, 6) is -1.14. The molecule has 15 heavy (non-hydrogen) atoms. The fraction of sp³-hybridized carbons (Fsp3) is 0.273. The topological polar surface area (TPSA) is 81.3 Å². The molecule has 78 valence electrons. The van der Waals surface area contributed by atoms with Gasteiger partial charge in [-0.3, -0.25) is 0 Å². The number of carboxylic acid groups (broad SMARTS) is 1. The van der Waals surface area contributed by atoms with Crippen molar-refractivity contribution in [3.63, 3.8) is 0 Å². The molecule has 0 aromatic heterocycles. The molecule has 0 heterocycles. The number of hydrogen-bond acceptors (Lipinski definition) is 3. The van der Waals surface area contributed by atoms with Gasteiger partial charge in [-0.2, -0.15) is 5.26 Å². The van der Waals surface area contributed by atoms with E-state index in [1.165, 1.54) is 6.07 Å². The van der Waals surface area contributed by atoms with Gasteiger partial charge in [0, 0.05) is 0 Å². The number of aryl methyl sites for hydroxylation is 1. The maximum Gasteiger partial charge on any atom is 0.337 e. The molecule has 0 fully saturated rings. The van der Waals surface area contributed by atoms with Crippen LogP contribution in [0.5, 0.6) is 0 Å². The summed E-state index contributed by atoms with van der Waals surface area (Å²) in [6.45, 7) is 1.61. The van der Waals surface area contributed by atoms with Crippen molar-refractivity contribution in [1.29, 1.82) is 5.26 Å². The van der Waals surface area contributed by atoms with Crippen molar-refractivity contribution in [2.24, 2.45) is 0 Å². The second kappa shape index (κ2) is 4.58. The van der Waals surface area contributed by atoms with E-state index in [1.54, 1.807) is 6.07 Å². The highest BCUT2D eigenvalue weighted by Crippen LogP contribution is 2.18. The van der Waals surface area contributed by atoms with E-state index in [2.05, 4.69) is 0 Å². The molecule has 0 amide bonds. The Balaban J connectivity index is 3.48. The first-order chi connectivity index (χ1) is 7.13. The largest absolute Gasteiger partial charge is 0.478 e. The number of benzene rings is 1. The molecule has 0 aliphatic rings. The van der Waals surface area contributed by atoms with E-state index in [1.807, 2.05) is 13.0 Å². The number of nitrogens with zero attached hydrogens (tertiary/aromatic N) is 1. The zero-order chi connectivity index (χ0) is 11.4. The monoisotopic (exact) mass is 205 g/mol. The van der Waals surface area contributed by atoms with Gasteiger partial charge in [-0.1, -0.05) is 13.0 Å². The zero-order valence-electron chi connectivity index (χ0n) is 8.32. The predicted octanol–water partition coefficient (Wildman–Crippen LogP) is 1.31. The normalized spacial score (nSPS) is 9.67. The van der Waals surface area contributed by atoms with Gasteiger partial charge in [-0.15, -0.1) is 0 Å². The molecule has 0 aliphatic carbocycles. The highest BCUT2D eigenvalue weighted by atomic mass is 16.4. The van der Waals surface area contributed by atoms with E-state index >= 15 is 0 Å². The highest BCUT2D eigenvalue weighted by molar-refractivity contribution is 5.91. The minimum Gasteiger partial charge on any atom is -0.478 e. The Bertz CT molecular complexity index is 432. The van der Waals surface area contributed by atoms with Gasteiger partial charge < -0.3 is 10.2 Å². The van der Waals surface area contributed by atoms with Crippen molar-refractivity contribution < 1.29 is 15.0 Å². The molecule has 4 heteroatoms. The first-order valence-electron chi connectivity index (χ1n) is 4.54. The third-order valence-electron chi connectivity index (χ3n) is 2.19. The summed E-state index contributed by atoms with van der Waals surface area (Å²) < 4.78 is 0. The quantitative estimate of drug-likeness (QED) is 0.779. The van der Waals surface area contributed by atoms with Crippen LogP contribution in [0, 0.1) is 11.3 Å². The molecule has 1 rings (SSSR count). The summed E-state index contributed by atoms with van der Waals surface area (Å²) in [7, 11) is 0. The molecule has 1 aromatic rings. The maximum atomic E-state index is 10.9. The summed E-state index contributed by atoms with van der Waals surface area (Å²) in [5.41, 5.74) is 1.31. The molecule has 1 aromatic carbocycles. The number of hydrogen-bond donors (Lipinski definition) is 2. The van der Waals surface area contributed by atoms with Crippen molar-refractivity contribution in [3.8, 4) is 6.07 Å². The molecule has 0 saturated carbocycles. The summed E-state index contributed by atoms with van der Waals surface area (Å²) in [5, 5.41) is 26.7. The molecule has 0 atom stereocenters. The fourth-order valence-electron chi connectivity index (χ4n) is 1.44. The summed E-state index contributed by atoms with van der Waals surface area (Å²) in [6, 6.07) is 4.88. The van der Waals surface area contributed by atoms with Gasteiger partial charge in [-0.05, 0) is 23.6 Å². The van der Waals surface area contributed by atoms with Gasteiger partial charge in [-0.25, -0.2) is 4.79 Å². The number of aliphatic hydroxyl groups excluding tert-OH is 1. The molecular formula is C11H11NO3. The van der Waals surface area contributed by atoms with E-state index < -0.39 is 5.97 Å². The molecule has 4 nitrogen and oxygen atoms in total. The van der Waals surface area contributed by atoms with Crippen LogP contribution in [0.15, 0.2) is 12.1 Å². The molecule has 0 spiro atoms. The van der Waals surface area contributed by atoms with Crippen LogP contribution in [0.4, 0.5) is 0 Å². The Labute approximate surface area is 87.4 Å². The molecule has 0 aliphatic heterocycles. The average Bonchev–Trinajstić information content (AvgIpc) is 2.26. The van der Waals surface area contributed by atoms with Crippen LogP contribution in [0.3, 0.4) is 0 Å². The third kappa shape index (κ3) is 2.14. The lowest BCUT2D eigenvalue weighted by Crippen LogP contribution is -2.05. The van der Waals surface area contributed by atoms with Crippen molar-refractivity contribution in [3.05, 3.63) is 34.4 Å². The summed E-state index contributed by atoms with van der Waals surface area (Å²) >= 11 is 0. The Morgan fingerprint density at radius 2 is 2.20 bits per heavy atom. The maximum absolute atomic E-state index is 10.9. The van der Waals surface area contributed by atoms with Crippen LogP contribution in [0.2, 0.25) is 0 Å². The summed E-state index contributed by atoms with van der Waals surface area (Å²) in [6.07, 6.45) is 0.566. The second-order valence-electron chi connectivity index (χ2n) is 3.11. The lowest BCUT2D eigenvalue weighted by Gasteiger charge is -2.07. The smallest absolute Gasteiger partial charge is 0.337 e. The lowest BCUT2D eigenvalue weighted by molar-refractivity contribution is 0.0696. The number of nitriles is 1. The van der Waals surface area contributed by atoms with Gasteiger partial charge in [0.1, 0.15) is 6.07 Å². The molecule has 0 bridgehead atoms. The number of aliphatic hydroxyl groups is 1. The standard InChI is InChI=1S/C11H11NO3/c1-2-8-3-7(6-13)4-9(11(14)15)10(8)5-12/h3-4,13H,2,6H2,1H3,(H,14,15). The van der Waals surface area contributed by atoms with E-state index in [-0.39, 0.29) is 17.7 Å². The number of rotatable bonds is 3. The Morgan fingerprint density at radius 3 is 2.60 bits per heavy atom. The van der Waals surface area contributed by atoms with Gasteiger partial charge >= 0.3 is 5.97 Å². The highest BCUT2D eigenvalue weighted by Gasteiger charge is 2.14. The first-order valence-corrected chi connectivity index (χ1v) is 4.54. The SMILES string of the molecule is CCc1cc(CO)cc(C(=O)O)c1C#N. The van der Waals surface area contributed by atoms with E-state index in [9.17, 15) is 4.79 Å². The van der Waals surface area contributed by atoms with Crippen LogP contribution in [0.1, 0.15) is 34.0 Å². The van der Waals surface area contributed by atoms with Gasteiger partial charge in [0.2, 0.25) is 0 Å². The average molecular weight is 205 g/mol. The Hall–Kier alpha value is -1.86. The lowest BCUT2D eigenvalue weighted by atomic mass is 9.97. The van der Waals surface area contributed by atoms with Crippen molar-refractivity contribution in [2.75, 3.05) is 0 Å². The van der Waals surface area contributed by atoms with Crippen molar-refractivity contribution >= 4 is 5.97 Å². The summed E-state index contributed by atoms with van der Waals surface area (Å²) in [4.78, 5) is 10.9. The Kier molecular flexibility index (Phi) is 3.42. The molecule has 2 N–H and O–H groups in total. The van der Waals surface area contributed by atoms with Crippen LogP contribution >= 0.6 is 0 Å². The molecule has 0 saturated heterocycles. The molecule has 0 unspecified atom stereocenters. The van der Waals surface area contributed by atoms with Gasteiger partial charge in [0.15, 0.2) is 0 Å². The van der Waals surface area contributed by atoms with Crippen molar-refractivity contribution in [1.82, 2.24) is 0 Å². The van der Waals surface area contributed by atoms with E-state index in [0.29, 0.717) is 17.5 Å². The second-order valence-corrected chi connectivity index (χ2v) is 3.11. The van der Waals surface area contributed by atoms with Crippen LogP contribution in [-0.2, 0) is 13.0 Å². The zero-order valence-corrected chi connectivity index (χ0v) is 8.32. The van der Waals surface area contributed by atoms with E-state index in [4.69, 9.17) is 15.5 Å². The molecule has 0 radical (unpaired) electrons. The number of aromatic carboxylic acids is 1. The van der Waals surface area contributed by atoms with Crippen molar-refractivity contribution in [2.45, 2.75) is 20.0 Å². The van der Waals surface area contributed by atoms with Crippen LogP contribution in [0.25, 0.3) is 0 Å². The first kappa shape index (κ1) is 11.2. The van der Waals surface area contributed by atoms with E-state index in [0.717, 1.165) is 0 Å². The van der Waals surface area contributed by atoms with Gasteiger partial charge in [0.25, 0.3) is 0 Å². The third-order valence-corrected chi connectivity index (χ3v) is 2.19. The van der Waals surface area contributed by atoms with Crippen LogP contribution in [-0.4, -0.2) is 16.2 Å². The van der Waals surface area contributed by atoms with Gasteiger partial charge in [0.05, 0.1) is 17.7 Å². The number of carboxylic acids is 1. The minimum absolute atomic E-state index is 0.0408. The fourth-order valence-corrected chi connectivity index (χ4v) is 1.44. The predicted molar refractivity (Wildman–Crippen MR) is 53.4 cm³/mol.